The van der Waals surface area contributed by atoms with Gasteiger partial charge in [0.15, 0.2) is 0 Å². The Morgan fingerprint density at radius 1 is 1.20 bits per heavy atom. The SMILES string of the molecule is Cc1ccn2c3c(nc2c1)CCC(C(=O)N1CCc2ccccc21)C3. The lowest BCUT2D eigenvalue weighted by atomic mass is 9.88. The molecule has 0 radical (unpaired) electrons. The molecule has 1 atom stereocenters. The number of imidazole rings is 1. The molecule has 1 amide bonds. The maximum Gasteiger partial charge on any atom is 0.230 e. The van der Waals surface area contributed by atoms with E-state index in [1.54, 1.807) is 0 Å². The van der Waals surface area contributed by atoms with Gasteiger partial charge in [0, 0.05) is 36.5 Å². The van der Waals surface area contributed by atoms with E-state index in [0.29, 0.717) is 0 Å². The molecule has 1 unspecified atom stereocenters. The van der Waals surface area contributed by atoms with Gasteiger partial charge in [0.1, 0.15) is 5.65 Å². The lowest BCUT2D eigenvalue weighted by Crippen LogP contribution is -2.37. The maximum absolute atomic E-state index is 13.2. The molecule has 5 rings (SSSR count). The summed E-state index contributed by atoms with van der Waals surface area (Å²) in [6.07, 6.45) is 5.63. The van der Waals surface area contributed by atoms with Gasteiger partial charge in [0.25, 0.3) is 0 Å². The van der Waals surface area contributed by atoms with Crippen LogP contribution < -0.4 is 4.90 Å². The van der Waals surface area contributed by atoms with Crippen LogP contribution in [0.4, 0.5) is 5.69 Å². The number of nitrogens with zero attached hydrogens (tertiary/aromatic N) is 3. The Balaban J connectivity index is 1.46. The molecule has 1 aliphatic carbocycles. The Hall–Kier alpha value is -2.62. The lowest BCUT2D eigenvalue weighted by molar-refractivity contribution is -0.122. The van der Waals surface area contributed by atoms with E-state index >= 15 is 0 Å². The van der Waals surface area contributed by atoms with Gasteiger partial charge in [0.05, 0.1) is 5.69 Å². The zero-order valence-electron chi connectivity index (χ0n) is 14.4. The summed E-state index contributed by atoms with van der Waals surface area (Å²) in [6.45, 7) is 2.90. The molecule has 0 saturated carbocycles. The van der Waals surface area contributed by atoms with Crippen LogP contribution in [-0.2, 0) is 24.1 Å². The monoisotopic (exact) mass is 331 g/mol. The predicted octanol–water partition coefficient (Wildman–Crippen LogP) is 3.34. The summed E-state index contributed by atoms with van der Waals surface area (Å²) in [7, 11) is 0. The van der Waals surface area contributed by atoms with Crippen molar-refractivity contribution in [3.05, 3.63) is 65.1 Å². The van der Waals surface area contributed by atoms with Gasteiger partial charge in [0.2, 0.25) is 5.91 Å². The number of amides is 1. The molecule has 0 fully saturated rings. The van der Waals surface area contributed by atoms with Gasteiger partial charge in [-0.25, -0.2) is 4.98 Å². The number of carbonyl (C=O) groups is 1. The molecular weight excluding hydrogens is 310 g/mol. The van der Waals surface area contributed by atoms with Gasteiger partial charge in [-0.05, 0) is 55.5 Å². The van der Waals surface area contributed by atoms with E-state index in [2.05, 4.69) is 47.9 Å². The van der Waals surface area contributed by atoms with E-state index in [1.165, 1.54) is 16.8 Å². The summed E-state index contributed by atoms with van der Waals surface area (Å²) < 4.78 is 2.17. The Labute approximate surface area is 147 Å². The van der Waals surface area contributed by atoms with Crippen LogP contribution >= 0.6 is 0 Å². The molecule has 0 saturated heterocycles. The van der Waals surface area contributed by atoms with Crippen molar-refractivity contribution >= 4 is 17.2 Å². The van der Waals surface area contributed by atoms with E-state index in [0.717, 1.165) is 49.3 Å². The van der Waals surface area contributed by atoms with Gasteiger partial charge in [-0.15, -0.1) is 0 Å². The van der Waals surface area contributed by atoms with Crippen molar-refractivity contribution in [2.45, 2.75) is 32.6 Å². The molecule has 126 valence electrons. The quantitative estimate of drug-likeness (QED) is 0.686. The van der Waals surface area contributed by atoms with E-state index in [1.807, 2.05) is 11.0 Å². The Morgan fingerprint density at radius 2 is 2.08 bits per heavy atom. The number of hydrogen-bond acceptors (Lipinski definition) is 2. The van der Waals surface area contributed by atoms with Crippen molar-refractivity contribution < 1.29 is 4.79 Å². The fraction of sp³-hybridized carbons (Fsp3) is 0.333. The van der Waals surface area contributed by atoms with Crippen LogP contribution in [0.5, 0.6) is 0 Å². The average molecular weight is 331 g/mol. The minimum absolute atomic E-state index is 0.0554. The van der Waals surface area contributed by atoms with Crippen molar-refractivity contribution in [1.82, 2.24) is 9.38 Å². The first-order valence-corrected chi connectivity index (χ1v) is 9.06. The molecule has 0 bridgehead atoms. The molecule has 0 spiro atoms. The normalized spacial score (nSPS) is 19.1. The van der Waals surface area contributed by atoms with Crippen LogP contribution in [-0.4, -0.2) is 21.8 Å². The summed E-state index contributed by atoms with van der Waals surface area (Å²) in [5.41, 5.74) is 6.99. The molecule has 2 aromatic heterocycles. The molecule has 3 heterocycles. The fourth-order valence-corrected chi connectivity index (χ4v) is 4.31. The number of aromatic nitrogens is 2. The predicted molar refractivity (Wildman–Crippen MR) is 97.9 cm³/mol. The smallest absolute Gasteiger partial charge is 0.230 e. The van der Waals surface area contributed by atoms with E-state index in [9.17, 15) is 4.79 Å². The van der Waals surface area contributed by atoms with Crippen LogP contribution in [0.25, 0.3) is 5.65 Å². The number of pyridine rings is 1. The first-order valence-electron chi connectivity index (χ1n) is 9.06. The van der Waals surface area contributed by atoms with Crippen molar-refractivity contribution in [3.8, 4) is 0 Å². The van der Waals surface area contributed by atoms with Gasteiger partial charge in [-0.1, -0.05) is 18.2 Å². The van der Waals surface area contributed by atoms with Crippen molar-refractivity contribution in [2.24, 2.45) is 5.92 Å². The van der Waals surface area contributed by atoms with Crippen molar-refractivity contribution in [2.75, 3.05) is 11.4 Å². The molecular formula is C21H21N3O. The number of fused-ring (bicyclic) bond motifs is 4. The van der Waals surface area contributed by atoms with Gasteiger partial charge < -0.3 is 9.30 Å². The fourth-order valence-electron chi connectivity index (χ4n) is 4.31. The highest BCUT2D eigenvalue weighted by Crippen LogP contribution is 2.33. The van der Waals surface area contributed by atoms with Crippen molar-refractivity contribution in [3.63, 3.8) is 0 Å². The number of aryl methyl sites for hydroxylation is 2. The number of benzene rings is 1. The summed E-state index contributed by atoms with van der Waals surface area (Å²) in [6, 6.07) is 12.5. The summed E-state index contributed by atoms with van der Waals surface area (Å²) in [4.78, 5) is 20.0. The van der Waals surface area contributed by atoms with Crippen LogP contribution in [0.3, 0.4) is 0 Å². The lowest BCUT2D eigenvalue weighted by Gasteiger charge is -2.26. The van der Waals surface area contributed by atoms with Crippen LogP contribution in [0, 0.1) is 12.8 Å². The highest BCUT2D eigenvalue weighted by Gasteiger charge is 2.33. The molecule has 0 N–H and O–H groups in total. The second-order valence-corrected chi connectivity index (χ2v) is 7.25. The first kappa shape index (κ1) is 14.7. The van der Waals surface area contributed by atoms with Gasteiger partial charge >= 0.3 is 0 Å². The summed E-state index contributed by atoms with van der Waals surface area (Å²) >= 11 is 0. The Morgan fingerprint density at radius 3 is 3.00 bits per heavy atom. The topological polar surface area (TPSA) is 37.6 Å². The maximum atomic E-state index is 13.2. The number of carbonyl (C=O) groups excluding carboxylic acids is 1. The second kappa shape index (κ2) is 5.45. The molecule has 4 heteroatoms. The molecule has 4 nitrogen and oxygen atoms in total. The second-order valence-electron chi connectivity index (χ2n) is 7.25. The Kier molecular flexibility index (Phi) is 3.20. The minimum atomic E-state index is 0.0554. The number of hydrogen-bond donors (Lipinski definition) is 0. The Bertz CT molecular complexity index is 988. The largest absolute Gasteiger partial charge is 0.312 e. The molecule has 25 heavy (non-hydrogen) atoms. The van der Waals surface area contributed by atoms with Crippen LogP contribution in [0.2, 0.25) is 0 Å². The van der Waals surface area contributed by atoms with Gasteiger partial charge in [-0.2, -0.15) is 0 Å². The third-order valence-electron chi connectivity index (χ3n) is 5.64. The van der Waals surface area contributed by atoms with Crippen molar-refractivity contribution in [1.29, 1.82) is 0 Å². The van der Waals surface area contributed by atoms with Crippen LogP contribution in [0.1, 0.15) is 28.9 Å². The third-order valence-corrected chi connectivity index (χ3v) is 5.64. The molecule has 2 aliphatic rings. The highest BCUT2D eigenvalue weighted by molar-refractivity contribution is 5.97. The first-order chi connectivity index (χ1) is 12.2. The number of para-hydroxylation sites is 1. The number of rotatable bonds is 1. The van der Waals surface area contributed by atoms with E-state index < -0.39 is 0 Å². The molecule has 3 aromatic rings. The van der Waals surface area contributed by atoms with Crippen LogP contribution in [0.15, 0.2) is 42.6 Å². The number of anilines is 1. The molecule has 1 aromatic carbocycles. The van der Waals surface area contributed by atoms with E-state index in [4.69, 9.17) is 4.98 Å². The van der Waals surface area contributed by atoms with E-state index in [-0.39, 0.29) is 11.8 Å². The highest BCUT2D eigenvalue weighted by atomic mass is 16.2. The summed E-state index contributed by atoms with van der Waals surface area (Å²) in [5.74, 6) is 0.331. The summed E-state index contributed by atoms with van der Waals surface area (Å²) in [5, 5.41) is 0. The standard InChI is InChI=1S/C21H21N3O/c1-14-8-10-23-19-13-16(6-7-17(19)22-20(23)12-14)21(25)24-11-9-15-4-2-3-5-18(15)24/h2-5,8,10,12,16H,6-7,9,11,13H2,1H3. The third kappa shape index (κ3) is 2.28. The van der Waals surface area contributed by atoms with Gasteiger partial charge in [-0.3, -0.25) is 4.79 Å². The minimum Gasteiger partial charge on any atom is -0.312 e. The zero-order chi connectivity index (χ0) is 17.0. The molecule has 1 aliphatic heterocycles. The average Bonchev–Trinajstić information content (AvgIpc) is 3.21. The zero-order valence-corrected chi connectivity index (χ0v) is 14.4.